The minimum Gasteiger partial charge on any atom is -0.496 e. The van der Waals surface area contributed by atoms with Crippen molar-refractivity contribution >= 4 is 18.3 Å². The molecule has 6 nitrogen and oxygen atoms in total. The van der Waals surface area contributed by atoms with Gasteiger partial charge in [0.1, 0.15) is 17.3 Å². The van der Waals surface area contributed by atoms with Gasteiger partial charge < -0.3 is 15.0 Å². The molecule has 1 N–H and O–H groups in total. The van der Waals surface area contributed by atoms with Gasteiger partial charge in [0, 0.05) is 37.3 Å². The Balaban J connectivity index is 0.00000196. The molecule has 0 spiro atoms. The number of carbonyl (C=O) groups is 1. The third-order valence-electron chi connectivity index (χ3n) is 4.84. The molecule has 0 bridgehead atoms. The number of piperazine rings is 1. The zero-order chi connectivity index (χ0) is 17.2. The molecule has 1 amide bonds. The lowest BCUT2D eigenvalue weighted by atomic mass is 10.0. The average molecular weight is 375 g/mol. The van der Waals surface area contributed by atoms with Crippen molar-refractivity contribution in [3.63, 3.8) is 0 Å². The summed E-state index contributed by atoms with van der Waals surface area (Å²) >= 11 is 0. The molecule has 7 heteroatoms. The minimum atomic E-state index is -0.0725. The second kappa shape index (κ2) is 8.01. The van der Waals surface area contributed by atoms with E-state index in [0.29, 0.717) is 24.7 Å². The van der Waals surface area contributed by atoms with Gasteiger partial charge in [-0.1, -0.05) is 18.2 Å². The summed E-state index contributed by atoms with van der Waals surface area (Å²) in [4.78, 5) is 23.9. The molecule has 1 atom stereocenters. The molecule has 1 aromatic heterocycles. The van der Waals surface area contributed by atoms with Crippen LogP contribution in [0.5, 0.6) is 5.75 Å². The van der Waals surface area contributed by atoms with E-state index in [0.717, 1.165) is 36.5 Å². The highest BCUT2D eigenvalue weighted by molar-refractivity contribution is 5.92. The number of carbonyl (C=O) groups excluding carboxylic acids is 1. The molecule has 1 unspecified atom stereocenters. The van der Waals surface area contributed by atoms with Crippen LogP contribution in [0.4, 0.5) is 0 Å². The summed E-state index contributed by atoms with van der Waals surface area (Å²) < 4.78 is 5.50. The fraction of sp³-hybridized carbons (Fsp3) is 0.421. The van der Waals surface area contributed by atoms with E-state index in [4.69, 9.17) is 4.74 Å². The summed E-state index contributed by atoms with van der Waals surface area (Å²) in [6.45, 7) is 2.12. The normalized spacial score (nSPS) is 19.6. The first-order valence-electron chi connectivity index (χ1n) is 8.75. The van der Waals surface area contributed by atoms with Crippen molar-refractivity contribution in [2.45, 2.75) is 24.8 Å². The molecular weight excluding hydrogens is 352 g/mol. The number of aromatic nitrogens is 2. The van der Waals surface area contributed by atoms with Crippen LogP contribution in [0, 0.1) is 0 Å². The van der Waals surface area contributed by atoms with Gasteiger partial charge in [-0.05, 0) is 25.0 Å². The number of amides is 1. The average Bonchev–Trinajstić information content (AvgIpc) is 3.53. The van der Waals surface area contributed by atoms with Gasteiger partial charge in [-0.3, -0.25) is 4.79 Å². The highest BCUT2D eigenvalue weighted by atomic mass is 35.5. The predicted molar refractivity (Wildman–Crippen MR) is 101 cm³/mol. The Morgan fingerprint density at radius 2 is 2.08 bits per heavy atom. The highest BCUT2D eigenvalue weighted by Gasteiger charge is 2.32. The first-order chi connectivity index (χ1) is 12.3. The van der Waals surface area contributed by atoms with E-state index in [2.05, 4.69) is 15.3 Å². The first kappa shape index (κ1) is 18.6. The van der Waals surface area contributed by atoms with Crippen LogP contribution >= 0.6 is 12.4 Å². The van der Waals surface area contributed by atoms with Gasteiger partial charge in [0.15, 0.2) is 0 Å². The van der Waals surface area contributed by atoms with E-state index < -0.39 is 0 Å². The van der Waals surface area contributed by atoms with Gasteiger partial charge in [-0.2, -0.15) is 0 Å². The van der Waals surface area contributed by atoms with Crippen molar-refractivity contribution in [1.29, 1.82) is 0 Å². The molecule has 1 aliphatic heterocycles. The third-order valence-corrected chi connectivity index (χ3v) is 4.84. The van der Waals surface area contributed by atoms with Crippen LogP contribution in [-0.4, -0.2) is 47.5 Å². The number of ether oxygens (including phenoxy) is 1. The second-order valence-electron chi connectivity index (χ2n) is 6.53. The van der Waals surface area contributed by atoms with E-state index >= 15 is 0 Å². The number of hydrogen-bond acceptors (Lipinski definition) is 5. The molecule has 1 aromatic carbocycles. The van der Waals surface area contributed by atoms with Crippen LogP contribution in [0.3, 0.4) is 0 Å². The Hall–Kier alpha value is -2.18. The van der Waals surface area contributed by atoms with Crippen LogP contribution in [-0.2, 0) is 0 Å². The van der Waals surface area contributed by atoms with Crippen LogP contribution in [0.1, 0.15) is 46.7 Å². The second-order valence-corrected chi connectivity index (χ2v) is 6.53. The summed E-state index contributed by atoms with van der Waals surface area (Å²) in [5.41, 5.74) is 1.50. The van der Waals surface area contributed by atoms with Crippen molar-refractivity contribution in [3.05, 3.63) is 53.6 Å². The Morgan fingerprint density at radius 1 is 1.27 bits per heavy atom. The van der Waals surface area contributed by atoms with Gasteiger partial charge in [0.05, 0.1) is 13.2 Å². The zero-order valence-corrected chi connectivity index (χ0v) is 15.5. The molecule has 1 saturated heterocycles. The standard InChI is InChI=1S/C19H22N4O2.ClH/c1-25-17-5-3-2-4-14(17)16-12-20-10-11-23(16)19(24)15-8-9-21-18(22-15)13-6-7-13;/h2-5,8-9,13,16,20H,6-7,10-12H2,1H3;1H. The molecule has 4 rings (SSSR count). The monoisotopic (exact) mass is 374 g/mol. The number of rotatable bonds is 4. The number of methoxy groups -OCH3 is 1. The summed E-state index contributed by atoms with van der Waals surface area (Å²) in [5, 5.41) is 3.38. The van der Waals surface area contributed by atoms with E-state index in [-0.39, 0.29) is 24.4 Å². The van der Waals surface area contributed by atoms with Crippen LogP contribution in [0.2, 0.25) is 0 Å². The number of para-hydroxylation sites is 1. The topological polar surface area (TPSA) is 67.3 Å². The fourth-order valence-corrected chi connectivity index (χ4v) is 3.35. The van der Waals surface area contributed by atoms with Gasteiger partial charge >= 0.3 is 0 Å². The molecule has 138 valence electrons. The molecular formula is C19H23ClN4O2. The Labute approximate surface area is 159 Å². The van der Waals surface area contributed by atoms with E-state index in [1.165, 1.54) is 0 Å². The van der Waals surface area contributed by atoms with E-state index in [9.17, 15) is 4.79 Å². The van der Waals surface area contributed by atoms with Crippen molar-refractivity contribution in [2.24, 2.45) is 0 Å². The van der Waals surface area contributed by atoms with Crippen LogP contribution in [0.25, 0.3) is 0 Å². The maximum absolute atomic E-state index is 13.1. The first-order valence-corrected chi connectivity index (χ1v) is 8.75. The summed E-state index contributed by atoms with van der Waals surface area (Å²) in [6, 6.07) is 9.52. The van der Waals surface area contributed by atoms with Crippen LogP contribution < -0.4 is 10.1 Å². The number of hydrogen-bond donors (Lipinski definition) is 1. The summed E-state index contributed by atoms with van der Waals surface area (Å²) in [6.07, 6.45) is 3.94. The number of nitrogens with one attached hydrogen (secondary N) is 1. The maximum Gasteiger partial charge on any atom is 0.273 e. The third kappa shape index (κ3) is 3.66. The minimum absolute atomic E-state index is 0. The van der Waals surface area contributed by atoms with Crippen molar-refractivity contribution in [2.75, 3.05) is 26.7 Å². The zero-order valence-electron chi connectivity index (χ0n) is 14.7. The molecule has 1 aliphatic carbocycles. The molecule has 26 heavy (non-hydrogen) atoms. The number of benzene rings is 1. The number of halogens is 1. The Morgan fingerprint density at radius 3 is 2.85 bits per heavy atom. The summed E-state index contributed by atoms with van der Waals surface area (Å²) in [7, 11) is 1.66. The molecule has 2 aliphatic rings. The lowest BCUT2D eigenvalue weighted by Gasteiger charge is -2.36. The molecule has 2 heterocycles. The largest absolute Gasteiger partial charge is 0.496 e. The highest BCUT2D eigenvalue weighted by Crippen LogP contribution is 2.38. The molecule has 2 fully saturated rings. The van der Waals surface area contributed by atoms with Gasteiger partial charge in [0.2, 0.25) is 0 Å². The van der Waals surface area contributed by atoms with E-state index in [1.54, 1.807) is 19.4 Å². The summed E-state index contributed by atoms with van der Waals surface area (Å²) in [5.74, 6) is 1.99. The number of nitrogens with zero attached hydrogens (tertiary/aromatic N) is 3. The van der Waals surface area contributed by atoms with Gasteiger partial charge in [-0.25, -0.2) is 9.97 Å². The van der Waals surface area contributed by atoms with Crippen molar-refractivity contribution in [1.82, 2.24) is 20.2 Å². The van der Waals surface area contributed by atoms with Crippen molar-refractivity contribution in [3.8, 4) is 5.75 Å². The smallest absolute Gasteiger partial charge is 0.273 e. The molecule has 2 aromatic rings. The predicted octanol–water partition coefficient (Wildman–Crippen LogP) is 2.57. The van der Waals surface area contributed by atoms with E-state index in [1.807, 2.05) is 29.2 Å². The SMILES string of the molecule is COc1ccccc1C1CNCCN1C(=O)c1ccnc(C2CC2)n1.Cl. The Bertz CT molecular complexity index is 782. The van der Waals surface area contributed by atoms with Crippen molar-refractivity contribution < 1.29 is 9.53 Å². The lowest BCUT2D eigenvalue weighted by molar-refractivity contribution is 0.0625. The van der Waals surface area contributed by atoms with Gasteiger partial charge in [0.25, 0.3) is 5.91 Å². The lowest BCUT2D eigenvalue weighted by Crippen LogP contribution is -2.49. The molecule has 0 radical (unpaired) electrons. The quantitative estimate of drug-likeness (QED) is 0.890. The van der Waals surface area contributed by atoms with Crippen LogP contribution in [0.15, 0.2) is 36.5 Å². The maximum atomic E-state index is 13.1. The Kier molecular flexibility index (Phi) is 5.74. The van der Waals surface area contributed by atoms with Gasteiger partial charge in [-0.15, -0.1) is 12.4 Å². The molecule has 1 saturated carbocycles. The fourth-order valence-electron chi connectivity index (χ4n) is 3.35.